The summed E-state index contributed by atoms with van der Waals surface area (Å²) in [6.07, 6.45) is 6.96. The Balaban J connectivity index is 1.35. The molecule has 2 aromatic carbocycles. The predicted octanol–water partition coefficient (Wildman–Crippen LogP) is 5.76. The van der Waals surface area contributed by atoms with Gasteiger partial charge in [-0.3, -0.25) is 14.9 Å². The minimum absolute atomic E-state index is 0.0480. The van der Waals surface area contributed by atoms with Crippen LogP contribution < -0.4 is 4.74 Å². The highest BCUT2D eigenvalue weighted by molar-refractivity contribution is 6.06. The van der Waals surface area contributed by atoms with E-state index in [1.807, 2.05) is 41.2 Å². The number of nitrogens with zero attached hydrogens (tertiary/aromatic N) is 2. The lowest BCUT2D eigenvalue weighted by Crippen LogP contribution is -1.96. The molecule has 0 saturated carbocycles. The van der Waals surface area contributed by atoms with Crippen LogP contribution in [0, 0.1) is 17.0 Å². The molecule has 0 saturated heterocycles. The topological polar surface area (TPSA) is 87.5 Å². The first kappa shape index (κ1) is 20.9. The molecular weight excluding hydrogens is 408 g/mol. The third kappa shape index (κ3) is 4.84. The van der Waals surface area contributed by atoms with Gasteiger partial charge in [-0.05, 0) is 79.7 Å². The van der Waals surface area contributed by atoms with Crippen molar-refractivity contribution in [3.8, 4) is 11.4 Å². The molecule has 0 spiro atoms. The highest BCUT2D eigenvalue weighted by Crippen LogP contribution is 2.24. The van der Waals surface area contributed by atoms with E-state index >= 15 is 0 Å². The lowest BCUT2D eigenvalue weighted by Gasteiger charge is -2.05. The summed E-state index contributed by atoms with van der Waals surface area (Å²) >= 11 is 0. The van der Waals surface area contributed by atoms with Gasteiger partial charge in [-0.15, -0.1) is 0 Å². The van der Waals surface area contributed by atoms with Crippen LogP contribution in [0.3, 0.4) is 0 Å². The normalized spacial score (nSPS) is 11.0. The van der Waals surface area contributed by atoms with Gasteiger partial charge in [0.2, 0.25) is 0 Å². The molecule has 160 valence electrons. The third-order valence-corrected chi connectivity index (χ3v) is 4.88. The van der Waals surface area contributed by atoms with Gasteiger partial charge < -0.3 is 13.7 Å². The minimum Gasteiger partial charge on any atom is -0.486 e. The maximum absolute atomic E-state index is 12.4. The third-order valence-electron chi connectivity index (χ3n) is 4.88. The number of benzene rings is 2. The molecule has 7 heteroatoms. The first-order chi connectivity index (χ1) is 15.5. The molecule has 0 aliphatic heterocycles. The number of hydrogen-bond donors (Lipinski definition) is 0. The summed E-state index contributed by atoms with van der Waals surface area (Å²) < 4.78 is 13.3. The van der Waals surface area contributed by atoms with Gasteiger partial charge in [-0.25, -0.2) is 0 Å². The number of carbonyl (C=O) groups excluding carboxylic acids is 1. The second-order valence-electron chi connectivity index (χ2n) is 7.13. The zero-order valence-corrected chi connectivity index (χ0v) is 17.3. The molecule has 4 aromatic rings. The summed E-state index contributed by atoms with van der Waals surface area (Å²) in [6.45, 7) is 1.83. The first-order valence-corrected chi connectivity index (χ1v) is 9.92. The van der Waals surface area contributed by atoms with Crippen LogP contribution in [-0.4, -0.2) is 15.3 Å². The Bertz CT molecular complexity index is 1270. The zero-order valence-electron chi connectivity index (χ0n) is 17.3. The molecular formula is C25H20N2O5. The molecule has 0 unspecified atom stereocenters. The molecule has 32 heavy (non-hydrogen) atoms. The number of ketones is 1. The summed E-state index contributed by atoms with van der Waals surface area (Å²) in [5, 5.41) is 10.9. The van der Waals surface area contributed by atoms with Crippen LogP contribution >= 0.6 is 0 Å². The van der Waals surface area contributed by atoms with Crippen molar-refractivity contribution in [3.05, 3.63) is 118 Å². The second kappa shape index (κ2) is 9.18. The fourth-order valence-corrected chi connectivity index (χ4v) is 3.20. The standard InChI is InChI=1S/C25H20N2O5/c1-18-16-22(10-12-24(18)27(29)30)31-17-23-9-8-21(32-23)11-13-25(28)19-4-6-20(7-5-19)26-14-2-3-15-26/h2-16H,17H2,1H3/b13-11+. The Kier molecular flexibility index (Phi) is 5.98. The lowest BCUT2D eigenvalue weighted by atomic mass is 10.1. The van der Waals surface area contributed by atoms with Crippen molar-refractivity contribution in [2.45, 2.75) is 13.5 Å². The lowest BCUT2D eigenvalue weighted by molar-refractivity contribution is -0.385. The van der Waals surface area contributed by atoms with Crippen LogP contribution in [0.5, 0.6) is 5.75 Å². The van der Waals surface area contributed by atoms with Gasteiger partial charge >= 0.3 is 0 Å². The largest absolute Gasteiger partial charge is 0.486 e. The van der Waals surface area contributed by atoms with Gasteiger partial charge in [0, 0.05) is 35.3 Å². The number of aromatic nitrogens is 1. The molecule has 0 aliphatic carbocycles. The number of allylic oxidation sites excluding steroid dienone is 1. The van der Waals surface area contributed by atoms with Crippen LogP contribution in [0.2, 0.25) is 0 Å². The number of furan rings is 1. The fraction of sp³-hybridized carbons (Fsp3) is 0.0800. The molecule has 0 atom stereocenters. The highest BCUT2D eigenvalue weighted by Gasteiger charge is 2.11. The molecule has 0 radical (unpaired) electrons. The average Bonchev–Trinajstić information content (AvgIpc) is 3.48. The number of hydrogen-bond acceptors (Lipinski definition) is 5. The van der Waals surface area contributed by atoms with E-state index in [-0.39, 0.29) is 18.1 Å². The molecule has 4 rings (SSSR count). The highest BCUT2D eigenvalue weighted by atomic mass is 16.6. The van der Waals surface area contributed by atoms with Crippen LogP contribution in [0.15, 0.2) is 89.6 Å². The van der Waals surface area contributed by atoms with Gasteiger partial charge in [0.05, 0.1) is 4.92 Å². The fourth-order valence-electron chi connectivity index (χ4n) is 3.20. The number of nitro benzene ring substituents is 1. The summed E-state index contributed by atoms with van der Waals surface area (Å²) in [6, 6.07) is 19.3. The van der Waals surface area contributed by atoms with E-state index in [4.69, 9.17) is 9.15 Å². The van der Waals surface area contributed by atoms with Gasteiger partial charge in [-0.2, -0.15) is 0 Å². The van der Waals surface area contributed by atoms with Crippen molar-refractivity contribution in [1.29, 1.82) is 0 Å². The van der Waals surface area contributed by atoms with Crippen molar-refractivity contribution in [1.82, 2.24) is 4.57 Å². The van der Waals surface area contributed by atoms with Crippen LogP contribution in [0.4, 0.5) is 5.69 Å². The Morgan fingerprint density at radius 3 is 2.53 bits per heavy atom. The summed E-state index contributed by atoms with van der Waals surface area (Å²) in [4.78, 5) is 22.9. The average molecular weight is 428 g/mol. The number of nitro groups is 1. The van der Waals surface area contributed by atoms with Crippen LogP contribution in [-0.2, 0) is 6.61 Å². The number of rotatable bonds is 8. The zero-order chi connectivity index (χ0) is 22.5. The van der Waals surface area contributed by atoms with Crippen molar-refractivity contribution >= 4 is 17.5 Å². The van der Waals surface area contributed by atoms with E-state index in [9.17, 15) is 14.9 Å². The van der Waals surface area contributed by atoms with Crippen LogP contribution in [0.25, 0.3) is 11.8 Å². The summed E-state index contributed by atoms with van der Waals surface area (Å²) in [5.74, 6) is 1.49. The van der Waals surface area contributed by atoms with Gasteiger partial charge in [0.25, 0.3) is 5.69 Å². The molecule has 2 heterocycles. The molecule has 0 N–H and O–H groups in total. The van der Waals surface area contributed by atoms with Crippen molar-refractivity contribution in [2.24, 2.45) is 0 Å². The maximum atomic E-state index is 12.4. The molecule has 7 nitrogen and oxygen atoms in total. The van der Waals surface area contributed by atoms with E-state index in [0.717, 1.165) is 5.69 Å². The Hall–Kier alpha value is -4.39. The Labute approximate surface area is 184 Å². The minimum atomic E-state index is -0.428. The Morgan fingerprint density at radius 1 is 1.09 bits per heavy atom. The maximum Gasteiger partial charge on any atom is 0.272 e. The van der Waals surface area contributed by atoms with E-state index < -0.39 is 4.92 Å². The number of aryl methyl sites for hydroxylation is 1. The predicted molar refractivity (Wildman–Crippen MR) is 120 cm³/mol. The van der Waals surface area contributed by atoms with Crippen molar-refractivity contribution in [2.75, 3.05) is 0 Å². The molecule has 0 fully saturated rings. The smallest absolute Gasteiger partial charge is 0.272 e. The van der Waals surface area contributed by atoms with Crippen molar-refractivity contribution in [3.63, 3.8) is 0 Å². The second-order valence-corrected chi connectivity index (χ2v) is 7.13. The van der Waals surface area contributed by atoms with E-state index in [1.54, 1.807) is 49.4 Å². The van der Waals surface area contributed by atoms with E-state index in [2.05, 4.69) is 0 Å². The van der Waals surface area contributed by atoms with E-state index in [1.165, 1.54) is 12.1 Å². The first-order valence-electron chi connectivity index (χ1n) is 9.92. The van der Waals surface area contributed by atoms with Gasteiger partial charge in [0.15, 0.2) is 5.78 Å². The molecule has 0 amide bonds. The van der Waals surface area contributed by atoms with Crippen molar-refractivity contribution < 1.29 is 18.9 Å². The van der Waals surface area contributed by atoms with E-state index in [0.29, 0.717) is 28.4 Å². The van der Waals surface area contributed by atoms with Gasteiger partial charge in [-0.1, -0.05) is 0 Å². The quantitative estimate of drug-likeness (QED) is 0.154. The SMILES string of the molecule is Cc1cc(OCc2ccc(/C=C/C(=O)c3ccc(-n4cccc4)cc3)o2)ccc1[N+](=O)[O-]. The summed E-state index contributed by atoms with van der Waals surface area (Å²) in [5.41, 5.74) is 2.14. The Morgan fingerprint density at radius 2 is 1.84 bits per heavy atom. The molecule has 2 aromatic heterocycles. The monoisotopic (exact) mass is 428 g/mol. The number of ether oxygens (including phenoxy) is 1. The molecule has 0 aliphatic rings. The summed E-state index contributed by atoms with van der Waals surface area (Å²) in [7, 11) is 0. The van der Waals surface area contributed by atoms with Crippen LogP contribution in [0.1, 0.15) is 27.4 Å². The van der Waals surface area contributed by atoms with Gasteiger partial charge in [0.1, 0.15) is 23.9 Å². The molecule has 0 bridgehead atoms. The number of carbonyl (C=O) groups is 1.